The van der Waals surface area contributed by atoms with Crippen LogP contribution < -0.4 is 0 Å². The van der Waals surface area contributed by atoms with Gasteiger partial charge in [0.2, 0.25) is 10.4 Å². The molecule has 68 valence electrons. The Labute approximate surface area is 85.4 Å². The predicted molar refractivity (Wildman–Crippen MR) is 38.5 cm³/mol. The molecule has 0 amide bonds. The molecule has 0 atom stereocenters. The molecular formula is C5H13NO4S. The molecule has 0 aliphatic heterocycles. The van der Waals surface area contributed by atoms with Gasteiger partial charge in [0.1, 0.15) is 13.1 Å². The molecule has 0 unspecified atom stereocenters. The third-order valence-corrected chi connectivity index (χ3v) is 0.645. The summed E-state index contributed by atoms with van der Waals surface area (Å²) in [6.45, 7) is -21.7. The van der Waals surface area contributed by atoms with Crippen LogP contribution in [0.3, 0.4) is 0 Å². The highest BCUT2D eigenvalue weighted by Crippen LogP contribution is 1.91. The molecule has 0 aromatic carbocycles. The summed E-state index contributed by atoms with van der Waals surface area (Å²) < 4.78 is 126. The first kappa shape index (κ1) is 2.01. The lowest BCUT2D eigenvalue weighted by atomic mass is 10.5. The first-order valence-electron chi connectivity index (χ1n) is 8.52. The van der Waals surface area contributed by atoms with Gasteiger partial charge in [0, 0.05) is 0 Å². The molecule has 0 spiro atoms. The number of rotatable bonds is 4. The van der Waals surface area contributed by atoms with Gasteiger partial charge in [0.05, 0.1) is 38.7 Å². The van der Waals surface area contributed by atoms with Crippen LogP contribution in [0.1, 0.15) is 17.8 Å². The Morgan fingerprint density at radius 2 is 2.18 bits per heavy atom. The summed E-state index contributed by atoms with van der Waals surface area (Å²) in [6, 6.07) is 0. The molecule has 11 heavy (non-hydrogen) atoms. The largest absolute Gasteiger partial charge is 0.726 e. The minimum Gasteiger partial charge on any atom is -0.726 e. The fraction of sp³-hybridized carbons (Fsp3) is 1.00. The molecule has 0 aromatic heterocycles. The van der Waals surface area contributed by atoms with Gasteiger partial charge in [-0.2, -0.15) is 0 Å². The SMILES string of the molecule is [2H]C([2H])(OS(=O)(=O)[O-])C([2H])([2H])[N+](C([2H])([2H])[2H])(C([2H])([2H])[2H])C([2H])([2H])[2H]. The van der Waals surface area contributed by atoms with Crippen LogP contribution >= 0.6 is 0 Å². The van der Waals surface area contributed by atoms with Crippen molar-refractivity contribution >= 4 is 10.4 Å². The number of likely N-dealkylation sites (N-methyl/N-ethyl adjacent to an activating group) is 1. The summed E-state index contributed by atoms with van der Waals surface area (Å²) in [7, 11) is -5.99. The van der Waals surface area contributed by atoms with E-state index in [2.05, 4.69) is 4.18 Å². The molecule has 0 N–H and O–H groups in total. The maximum absolute atomic E-state index is 10.6. The van der Waals surface area contributed by atoms with Crippen LogP contribution in [0, 0.1) is 0 Å². The topological polar surface area (TPSA) is 66.4 Å². The lowest BCUT2D eigenvalue weighted by Crippen LogP contribution is -2.37. The smallest absolute Gasteiger partial charge is 0.217 e. The van der Waals surface area contributed by atoms with Crippen molar-refractivity contribution in [2.24, 2.45) is 0 Å². The van der Waals surface area contributed by atoms with Gasteiger partial charge in [-0.05, 0) is 0 Å². The molecule has 0 fully saturated rings. The van der Waals surface area contributed by atoms with Crippen molar-refractivity contribution in [3.05, 3.63) is 0 Å². The van der Waals surface area contributed by atoms with E-state index in [1.165, 1.54) is 0 Å². The van der Waals surface area contributed by atoms with Gasteiger partial charge in [-0.25, -0.2) is 8.42 Å². The van der Waals surface area contributed by atoms with Crippen LogP contribution in [0.25, 0.3) is 0 Å². The Morgan fingerprint density at radius 1 is 1.64 bits per heavy atom. The highest BCUT2D eigenvalue weighted by Gasteiger charge is 2.06. The van der Waals surface area contributed by atoms with Crippen molar-refractivity contribution < 1.29 is 39.5 Å². The summed E-state index contributed by atoms with van der Waals surface area (Å²) in [5.41, 5.74) is 0. The maximum atomic E-state index is 10.6. The van der Waals surface area contributed by atoms with E-state index in [9.17, 15) is 13.0 Å². The standard InChI is InChI=1S/C5H13NO4S/c1-6(2,3)4-5-10-11(7,8)9/h4-5H2,1-3H3/i1D3,2D3,3D3,4D2,5D2. The Bertz CT molecular complexity index is 535. The molecule has 5 nitrogen and oxygen atoms in total. The van der Waals surface area contributed by atoms with Gasteiger partial charge in [-0.3, -0.25) is 4.18 Å². The van der Waals surface area contributed by atoms with E-state index in [1.807, 2.05) is 0 Å². The average molecular weight is 196 g/mol. The van der Waals surface area contributed by atoms with E-state index < -0.39 is 48.9 Å². The Morgan fingerprint density at radius 3 is 2.55 bits per heavy atom. The number of quaternary nitrogens is 1. The van der Waals surface area contributed by atoms with Crippen molar-refractivity contribution in [2.75, 3.05) is 34.0 Å². The van der Waals surface area contributed by atoms with Gasteiger partial charge in [0.15, 0.2) is 0 Å². The molecule has 0 heterocycles. The van der Waals surface area contributed by atoms with E-state index in [0.29, 0.717) is 0 Å². The monoisotopic (exact) mass is 196 g/mol. The zero-order valence-electron chi connectivity index (χ0n) is 18.0. The van der Waals surface area contributed by atoms with Crippen LogP contribution in [0.4, 0.5) is 0 Å². The van der Waals surface area contributed by atoms with E-state index >= 15 is 0 Å². The Hall–Kier alpha value is -0.170. The van der Waals surface area contributed by atoms with E-state index in [0.717, 1.165) is 0 Å². The molecule has 0 saturated heterocycles. The van der Waals surface area contributed by atoms with Crippen LogP contribution in [0.15, 0.2) is 0 Å². The highest BCUT2D eigenvalue weighted by atomic mass is 32.3. The van der Waals surface area contributed by atoms with Crippen LogP contribution in [0.5, 0.6) is 0 Å². The third kappa shape index (κ3) is 9.83. The maximum Gasteiger partial charge on any atom is 0.217 e. The van der Waals surface area contributed by atoms with Crippen LogP contribution in [-0.4, -0.2) is 51.4 Å². The predicted octanol–water partition coefficient (Wildman–Crippen LogP) is -0.831. The van der Waals surface area contributed by atoms with Crippen molar-refractivity contribution in [1.29, 1.82) is 0 Å². The quantitative estimate of drug-likeness (QED) is 0.334. The summed E-state index contributed by atoms with van der Waals surface area (Å²) in [6.07, 6.45) is 0. The Balaban J connectivity index is 7.00. The third-order valence-electron chi connectivity index (χ3n) is 0.357. The summed E-state index contributed by atoms with van der Waals surface area (Å²) in [5, 5.41) is 0. The van der Waals surface area contributed by atoms with Gasteiger partial charge in [-0.1, -0.05) is 0 Å². The number of hydrogen-bond acceptors (Lipinski definition) is 4. The fourth-order valence-corrected chi connectivity index (χ4v) is 0.277. The minimum absolute atomic E-state index is 3.29. The molecule has 0 aliphatic carbocycles. The van der Waals surface area contributed by atoms with Crippen LogP contribution in [-0.2, 0) is 14.6 Å². The number of hydrogen-bond donors (Lipinski definition) is 0. The number of nitrogens with zero attached hydrogens (tertiary/aromatic N) is 1. The zero-order chi connectivity index (χ0) is 20.2. The van der Waals surface area contributed by atoms with E-state index in [1.54, 1.807) is 0 Å². The molecule has 0 aliphatic rings. The summed E-state index contributed by atoms with van der Waals surface area (Å²) in [5.74, 6) is 0. The van der Waals surface area contributed by atoms with Crippen molar-refractivity contribution in [2.45, 2.75) is 0 Å². The molecule has 0 saturated carbocycles. The molecule has 0 aromatic rings. The Kier molecular flexibility index (Phi) is 0.636. The molecule has 0 radical (unpaired) electrons. The second-order valence-corrected chi connectivity index (χ2v) is 2.36. The minimum atomic E-state index is -5.99. The molecule has 0 bridgehead atoms. The van der Waals surface area contributed by atoms with Gasteiger partial charge < -0.3 is 9.04 Å². The van der Waals surface area contributed by atoms with Gasteiger partial charge in [0.25, 0.3) is 0 Å². The summed E-state index contributed by atoms with van der Waals surface area (Å²) >= 11 is 0. The van der Waals surface area contributed by atoms with Crippen LogP contribution in [0.2, 0.25) is 0 Å². The van der Waals surface area contributed by atoms with Crippen molar-refractivity contribution in [3.63, 3.8) is 0 Å². The van der Waals surface area contributed by atoms with Gasteiger partial charge >= 0.3 is 0 Å². The fourth-order valence-electron chi connectivity index (χ4n) is 0.138. The van der Waals surface area contributed by atoms with Crippen molar-refractivity contribution in [1.82, 2.24) is 0 Å². The van der Waals surface area contributed by atoms with Crippen molar-refractivity contribution in [3.8, 4) is 0 Å². The second-order valence-electron chi connectivity index (χ2n) is 1.38. The molecule has 6 heteroatoms. The lowest BCUT2D eigenvalue weighted by Gasteiger charge is -2.23. The van der Waals surface area contributed by atoms with Gasteiger partial charge in [-0.15, -0.1) is 0 Å². The first-order chi connectivity index (χ1) is 9.96. The molecule has 0 rings (SSSR count). The molecular weight excluding hydrogens is 170 g/mol. The second kappa shape index (κ2) is 3.48. The highest BCUT2D eigenvalue weighted by molar-refractivity contribution is 7.80. The lowest BCUT2D eigenvalue weighted by molar-refractivity contribution is -0.870. The average Bonchev–Trinajstić information content (AvgIpc) is 2.03. The summed E-state index contributed by atoms with van der Waals surface area (Å²) in [4.78, 5) is 0. The normalized spacial score (nSPS) is 37.0. The first-order valence-corrected chi connectivity index (χ1v) is 3.35. The zero-order valence-corrected chi connectivity index (χ0v) is 5.80. The van der Waals surface area contributed by atoms with E-state index in [-0.39, 0.29) is 0 Å². The van der Waals surface area contributed by atoms with E-state index in [4.69, 9.17) is 17.8 Å².